The summed E-state index contributed by atoms with van der Waals surface area (Å²) in [6, 6.07) is 1.24. The molecule has 1 aliphatic rings. The first-order valence-corrected chi connectivity index (χ1v) is 5.13. The fourth-order valence-electron chi connectivity index (χ4n) is 1.34. The Morgan fingerprint density at radius 2 is 2.38 bits per heavy atom. The summed E-state index contributed by atoms with van der Waals surface area (Å²) in [5.41, 5.74) is -0.489. The molecule has 86 valence electrons. The van der Waals surface area contributed by atoms with Crippen molar-refractivity contribution in [2.24, 2.45) is 0 Å². The van der Waals surface area contributed by atoms with E-state index in [4.69, 9.17) is 16.7 Å². The zero-order valence-electron chi connectivity index (χ0n) is 8.31. The summed E-state index contributed by atoms with van der Waals surface area (Å²) in [6.45, 7) is 0.00198. The van der Waals surface area contributed by atoms with Crippen LogP contribution in [-0.2, 0) is 0 Å². The van der Waals surface area contributed by atoms with E-state index in [1.54, 1.807) is 0 Å². The molecule has 1 fully saturated rings. The van der Waals surface area contributed by atoms with Crippen LogP contribution < -0.4 is 5.32 Å². The van der Waals surface area contributed by atoms with Crippen LogP contribution in [0.4, 0.5) is 11.5 Å². The predicted molar refractivity (Wildman–Crippen MR) is 58.6 cm³/mol. The van der Waals surface area contributed by atoms with Crippen molar-refractivity contribution in [1.29, 1.82) is 0 Å². The van der Waals surface area contributed by atoms with Gasteiger partial charge in [0.25, 0.3) is 5.69 Å². The third kappa shape index (κ3) is 2.07. The molecule has 0 saturated heterocycles. The van der Waals surface area contributed by atoms with Gasteiger partial charge >= 0.3 is 0 Å². The molecule has 1 saturated carbocycles. The lowest BCUT2D eigenvalue weighted by Crippen LogP contribution is -2.26. The van der Waals surface area contributed by atoms with E-state index in [0.717, 1.165) is 19.0 Å². The normalized spacial score (nSPS) is 16.9. The number of aliphatic hydroxyl groups is 1. The lowest BCUT2D eigenvalue weighted by Gasteiger charge is -2.15. The van der Waals surface area contributed by atoms with Crippen molar-refractivity contribution in [3.05, 3.63) is 27.4 Å². The van der Waals surface area contributed by atoms with Crippen LogP contribution in [0, 0.1) is 10.1 Å². The number of nitrogens with one attached hydrogen (secondary N) is 1. The highest BCUT2D eigenvalue weighted by molar-refractivity contribution is 6.33. The summed E-state index contributed by atoms with van der Waals surface area (Å²) < 4.78 is 0. The van der Waals surface area contributed by atoms with E-state index < -0.39 is 4.92 Å². The summed E-state index contributed by atoms with van der Waals surface area (Å²) in [5, 5.41) is 22.8. The first kappa shape index (κ1) is 11.1. The largest absolute Gasteiger partial charge is 0.394 e. The molecule has 7 heteroatoms. The van der Waals surface area contributed by atoms with Gasteiger partial charge in [0.15, 0.2) is 0 Å². The SMILES string of the molecule is O=[N+]([O-])c1cnc(NC2(CO)CC2)c(Cl)c1. The fourth-order valence-corrected chi connectivity index (χ4v) is 1.55. The van der Waals surface area contributed by atoms with Gasteiger partial charge in [-0.05, 0) is 12.8 Å². The maximum Gasteiger partial charge on any atom is 0.289 e. The number of aromatic nitrogens is 1. The van der Waals surface area contributed by atoms with Crippen LogP contribution in [0.1, 0.15) is 12.8 Å². The third-order valence-corrected chi connectivity index (χ3v) is 2.87. The van der Waals surface area contributed by atoms with Crippen LogP contribution >= 0.6 is 11.6 Å². The van der Waals surface area contributed by atoms with Crippen LogP contribution in [0.25, 0.3) is 0 Å². The van der Waals surface area contributed by atoms with Crippen LogP contribution in [0.5, 0.6) is 0 Å². The van der Waals surface area contributed by atoms with Crippen molar-refractivity contribution >= 4 is 23.1 Å². The molecule has 6 nitrogen and oxygen atoms in total. The Morgan fingerprint density at radius 3 is 2.81 bits per heavy atom. The number of nitro groups is 1. The first-order chi connectivity index (χ1) is 7.56. The summed E-state index contributed by atoms with van der Waals surface area (Å²) >= 11 is 5.85. The van der Waals surface area contributed by atoms with E-state index in [-0.39, 0.29) is 22.9 Å². The second-order valence-corrected chi connectivity index (χ2v) is 4.25. The van der Waals surface area contributed by atoms with E-state index >= 15 is 0 Å². The van der Waals surface area contributed by atoms with Gasteiger partial charge in [-0.15, -0.1) is 0 Å². The van der Waals surface area contributed by atoms with Gasteiger partial charge in [0.2, 0.25) is 0 Å². The molecule has 0 aromatic carbocycles. The van der Waals surface area contributed by atoms with Crippen molar-refractivity contribution in [3.8, 4) is 0 Å². The maximum absolute atomic E-state index is 10.5. The van der Waals surface area contributed by atoms with E-state index in [1.165, 1.54) is 6.07 Å². The molecule has 0 atom stereocenters. The number of nitrogens with zero attached hydrogens (tertiary/aromatic N) is 2. The molecule has 1 aromatic rings. The molecule has 0 unspecified atom stereocenters. The van der Waals surface area contributed by atoms with Crippen molar-refractivity contribution in [1.82, 2.24) is 4.98 Å². The second kappa shape index (κ2) is 3.88. The Bertz CT molecular complexity index is 434. The standard InChI is InChI=1S/C9H10ClN3O3/c10-7-3-6(13(15)16)4-11-8(7)12-9(5-14)1-2-9/h3-4,14H,1-2,5H2,(H,11,12). The Balaban J connectivity index is 2.20. The lowest BCUT2D eigenvalue weighted by molar-refractivity contribution is -0.385. The van der Waals surface area contributed by atoms with Gasteiger partial charge in [0, 0.05) is 6.07 Å². The zero-order chi connectivity index (χ0) is 11.8. The lowest BCUT2D eigenvalue weighted by atomic mass is 10.3. The zero-order valence-corrected chi connectivity index (χ0v) is 9.07. The first-order valence-electron chi connectivity index (χ1n) is 4.75. The van der Waals surface area contributed by atoms with E-state index in [0.29, 0.717) is 5.82 Å². The molecule has 0 amide bonds. The molecular weight excluding hydrogens is 234 g/mol. The predicted octanol–water partition coefficient (Wildman–Crippen LogP) is 1.58. The minimum atomic E-state index is -0.554. The Labute approximate surface area is 96.4 Å². The number of pyridine rings is 1. The summed E-state index contributed by atoms with van der Waals surface area (Å²) in [7, 11) is 0. The van der Waals surface area contributed by atoms with Gasteiger partial charge in [0.1, 0.15) is 12.0 Å². The van der Waals surface area contributed by atoms with Gasteiger partial charge < -0.3 is 10.4 Å². The molecular formula is C9H10ClN3O3. The van der Waals surface area contributed by atoms with E-state index in [1.807, 2.05) is 0 Å². The van der Waals surface area contributed by atoms with Gasteiger partial charge in [-0.3, -0.25) is 10.1 Å². The highest BCUT2D eigenvalue weighted by Crippen LogP contribution is 2.39. The highest BCUT2D eigenvalue weighted by atomic mass is 35.5. The van der Waals surface area contributed by atoms with Crippen molar-refractivity contribution < 1.29 is 10.0 Å². The molecule has 0 radical (unpaired) electrons. The Hall–Kier alpha value is -1.40. The summed E-state index contributed by atoms with van der Waals surface area (Å²) in [6.07, 6.45) is 2.83. The smallest absolute Gasteiger partial charge is 0.289 e. The number of hydrogen-bond donors (Lipinski definition) is 2. The molecule has 2 rings (SSSR count). The maximum atomic E-state index is 10.5. The van der Waals surface area contributed by atoms with Crippen LogP contribution in [0.3, 0.4) is 0 Å². The minimum absolute atomic E-state index is 0.00198. The Kier molecular flexibility index (Phi) is 2.69. The fraction of sp³-hybridized carbons (Fsp3) is 0.444. The average molecular weight is 244 g/mol. The number of hydrogen-bond acceptors (Lipinski definition) is 5. The van der Waals surface area contributed by atoms with Gasteiger partial charge in [-0.1, -0.05) is 11.6 Å². The van der Waals surface area contributed by atoms with Crippen LogP contribution in [0.2, 0.25) is 5.02 Å². The monoisotopic (exact) mass is 243 g/mol. The quantitative estimate of drug-likeness (QED) is 0.619. The van der Waals surface area contributed by atoms with Gasteiger partial charge in [-0.25, -0.2) is 4.98 Å². The van der Waals surface area contributed by atoms with Gasteiger partial charge in [-0.2, -0.15) is 0 Å². The van der Waals surface area contributed by atoms with E-state index in [2.05, 4.69) is 10.3 Å². The topological polar surface area (TPSA) is 88.3 Å². The number of rotatable bonds is 4. The molecule has 16 heavy (non-hydrogen) atoms. The summed E-state index contributed by atoms with van der Waals surface area (Å²) in [4.78, 5) is 13.8. The average Bonchev–Trinajstić information content (AvgIpc) is 3.01. The van der Waals surface area contributed by atoms with Crippen molar-refractivity contribution in [2.45, 2.75) is 18.4 Å². The highest BCUT2D eigenvalue weighted by Gasteiger charge is 2.42. The molecule has 0 aliphatic heterocycles. The van der Waals surface area contributed by atoms with Crippen molar-refractivity contribution in [3.63, 3.8) is 0 Å². The van der Waals surface area contributed by atoms with Crippen LogP contribution in [0.15, 0.2) is 12.3 Å². The van der Waals surface area contributed by atoms with E-state index in [9.17, 15) is 10.1 Å². The number of halogens is 1. The Morgan fingerprint density at radius 1 is 1.69 bits per heavy atom. The molecule has 0 bridgehead atoms. The van der Waals surface area contributed by atoms with Crippen LogP contribution in [-0.4, -0.2) is 27.2 Å². The molecule has 1 heterocycles. The third-order valence-electron chi connectivity index (χ3n) is 2.58. The van der Waals surface area contributed by atoms with Crippen molar-refractivity contribution in [2.75, 3.05) is 11.9 Å². The summed E-state index contributed by atoms with van der Waals surface area (Å²) in [5.74, 6) is 0.374. The number of aliphatic hydroxyl groups excluding tert-OH is 1. The molecule has 1 aromatic heterocycles. The molecule has 0 spiro atoms. The molecule has 1 aliphatic carbocycles. The second-order valence-electron chi connectivity index (χ2n) is 3.84. The minimum Gasteiger partial charge on any atom is -0.394 e. The van der Waals surface area contributed by atoms with Gasteiger partial charge in [0.05, 0.1) is 22.1 Å². The number of anilines is 1. The molecule has 2 N–H and O–H groups in total.